The first-order valence-electron chi connectivity index (χ1n) is 10.1. The van der Waals surface area contributed by atoms with Crippen molar-refractivity contribution in [2.45, 2.75) is 26.7 Å². The Balaban J connectivity index is 1.41. The Hall–Kier alpha value is -3.22. The van der Waals surface area contributed by atoms with E-state index in [0.717, 1.165) is 71.4 Å². The predicted molar refractivity (Wildman–Crippen MR) is 115 cm³/mol. The van der Waals surface area contributed by atoms with Crippen molar-refractivity contribution in [3.63, 3.8) is 0 Å². The van der Waals surface area contributed by atoms with Crippen LogP contribution in [0.5, 0.6) is 0 Å². The van der Waals surface area contributed by atoms with Gasteiger partial charge < -0.3 is 14.2 Å². The lowest BCUT2D eigenvalue weighted by molar-refractivity contribution is 0.622. The average molecular weight is 388 g/mol. The van der Waals surface area contributed by atoms with Crippen LogP contribution in [-0.4, -0.2) is 46.1 Å². The van der Waals surface area contributed by atoms with Crippen molar-refractivity contribution in [2.75, 3.05) is 36.0 Å². The smallest absolute Gasteiger partial charge is 0.196 e. The summed E-state index contributed by atoms with van der Waals surface area (Å²) < 4.78 is 6.11. The Labute approximate surface area is 169 Å². The fraction of sp³-hybridized carbons (Fsp3) is 0.364. The number of anilines is 2. The van der Waals surface area contributed by atoms with E-state index in [4.69, 9.17) is 9.40 Å². The molecule has 0 bridgehead atoms. The summed E-state index contributed by atoms with van der Waals surface area (Å²) in [5, 5.41) is 1.03. The predicted octanol–water partition coefficient (Wildman–Crippen LogP) is 3.92. The number of aromatic nitrogens is 4. The fourth-order valence-corrected chi connectivity index (χ4v) is 3.88. The van der Waals surface area contributed by atoms with Crippen LogP contribution in [0.15, 0.2) is 41.1 Å². The van der Waals surface area contributed by atoms with Crippen molar-refractivity contribution in [2.24, 2.45) is 0 Å². The second kappa shape index (κ2) is 6.99. The maximum Gasteiger partial charge on any atom is 0.196 e. The van der Waals surface area contributed by atoms with Crippen LogP contribution in [-0.2, 0) is 0 Å². The number of piperazine rings is 1. The van der Waals surface area contributed by atoms with Crippen molar-refractivity contribution in [1.29, 1.82) is 0 Å². The molecule has 4 aromatic rings. The van der Waals surface area contributed by atoms with Crippen molar-refractivity contribution >= 4 is 33.7 Å². The van der Waals surface area contributed by atoms with Crippen molar-refractivity contribution in [3.8, 4) is 0 Å². The lowest BCUT2D eigenvalue weighted by atomic mass is 10.2. The Kier molecular flexibility index (Phi) is 4.30. The molecule has 1 aromatic carbocycles. The summed E-state index contributed by atoms with van der Waals surface area (Å²) in [5.41, 5.74) is 3.50. The van der Waals surface area contributed by atoms with E-state index in [1.165, 1.54) is 0 Å². The van der Waals surface area contributed by atoms with Crippen molar-refractivity contribution in [3.05, 3.63) is 48.2 Å². The van der Waals surface area contributed by atoms with Crippen LogP contribution in [0, 0.1) is 6.92 Å². The second-order valence-corrected chi connectivity index (χ2v) is 7.83. The van der Waals surface area contributed by atoms with E-state index < -0.39 is 0 Å². The Morgan fingerprint density at radius 2 is 1.72 bits per heavy atom. The number of rotatable bonds is 3. The van der Waals surface area contributed by atoms with Crippen LogP contribution in [0.1, 0.15) is 31.3 Å². The lowest BCUT2D eigenvalue weighted by Gasteiger charge is -2.36. The fourth-order valence-electron chi connectivity index (χ4n) is 3.88. The van der Waals surface area contributed by atoms with E-state index in [9.17, 15) is 0 Å². The zero-order valence-electron chi connectivity index (χ0n) is 17.0. The SMILES string of the molecule is Cc1cc(N2CCN(c3ncnc4c3oc3ccccc34)CC2)nc(C(C)C)n1. The molecule has 1 fully saturated rings. The Morgan fingerprint density at radius 1 is 0.966 bits per heavy atom. The minimum Gasteiger partial charge on any atom is -0.450 e. The van der Waals surface area contributed by atoms with Gasteiger partial charge in [-0.15, -0.1) is 0 Å². The van der Waals surface area contributed by atoms with Gasteiger partial charge in [0.25, 0.3) is 0 Å². The molecule has 7 nitrogen and oxygen atoms in total. The van der Waals surface area contributed by atoms with Gasteiger partial charge in [-0.3, -0.25) is 0 Å². The van der Waals surface area contributed by atoms with Gasteiger partial charge in [-0.25, -0.2) is 19.9 Å². The van der Waals surface area contributed by atoms with E-state index >= 15 is 0 Å². The summed E-state index contributed by atoms with van der Waals surface area (Å²) >= 11 is 0. The maximum absolute atomic E-state index is 6.11. The van der Waals surface area contributed by atoms with Gasteiger partial charge >= 0.3 is 0 Å². The zero-order chi connectivity index (χ0) is 20.0. The molecular formula is C22H24N6O. The van der Waals surface area contributed by atoms with Crippen LogP contribution in [0.4, 0.5) is 11.6 Å². The third-order valence-corrected chi connectivity index (χ3v) is 5.42. The van der Waals surface area contributed by atoms with Gasteiger partial charge in [-0.1, -0.05) is 26.0 Å². The van der Waals surface area contributed by atoms with Gasteiger partial charge in [0.1, 0.15) is 29.1 Å². The molecule has 1 aliphatic rings. The minimum absolute atomic E-state index is 0.317. The summed E-state index contributed by atoms with van der Waals surface area (Å²) in [7, 11) is 0. The number of hydrogen-bond acceptors (Lipinski definition) is 7. The summed E-state index contributed by atoms with van der Waals surface area (Å²) in [5.74, 6) is 3.10. The minimum atomic E-state index is 0.317. The first kappa shape index (κ1) is 17.8. The molecule has 5 rings (SSSR count). The van der Waals surface area contributed by atoms with Crippen LogP contribution in [0.3, 0.4) is 0 Å². The number of para-hydroxylation sites is 1. The van der Waals surface area contributed by atoms with Crippen molar-refractivity contribution < 1.29 is 4.42 Å². The van der Waals surface area contributed by atoms with E-state index in [2.05, 4.69) is 44.7 Å². The van der Waals surface area contributed by atoms with Crippen LogP contribution >= 0.6 is 0 Å². The largest absolute Gasteiger partial charge is 0.450 e. The quantitative estimate of drug-likeness (QED) is 0.527. The molecule has 3 aromatic heterocycles. The molecule has 0 N–H and O–H groups in total. The highest BCUT2D eigenvalue weighted by molar-refractivity contribution is 6.05. The highest BCUT2D eigenvalue weighted by atomic mass is 16.3. The normalized spacial score (nSPS) is 15.0. The van der Waals surface area contributed by atoms with Gasteiger partial charge in [0.15, 0.2) is 11.4 Å². The Bertz CT molecular complexity index is 1180. The second-order valence-electron chi connectivity index (χ2n) is 7.83. The topological polar surface area (TPSA) is 71.2 Å². The van der Waals surface area contributed by atoms with Gasteiger partial charge in [-0.05, 0) is 19.1 Å². The molecule has 1 saturated heterocycles. The molecule has 0 spiro atoms. The molecule has 0 unspecified atom stereocenters. The van der Waals surface area contributed by atoms with Gasteiger partial charge in [0, 0.05) is 49.2 Å². The van der Waals surface area contributed by atoms with Crippen LogP contribution < -0.4 is 9.80 Å². The van der Waals surface area contributed by atoms with E-state index in [1.54, 1.807) is 6.33 Å². The summed E-state index contributed by atoms with van der Waals surface area (Å²) in [6.45, 7) is 9.74. The number of benzene rings is 1. The lowest BCUT2D eigenvalue weighted by Crippen LogP contribution is -2.47. The van der Waals surface area contributed by atoms with E-state index in [1.807, 2.05) is 31.2 Å². The number of fused-ring (bicyclic) bond motifs is 3. The summed E-state index contributed by atoms with van der Waals surface area (Å²) in [6, 6.07) is 10.1. The molecule has 4 heterocycles. The standard InChI is InChI=1S/C22H24N6O/c1-14(2)21-25-15(3)12-18(26-21)27-8-10-28(11-9-27)22-20-19(23-13-24-22)16-6-4-5-7-17(16)29-20/h4-7,12-14H,8-11H2,1-3H3. The molecule has 0 aliphatic carbocycles. The number of aryl methyl sites for hydroxylation is 1. The first-order chi connectivity index (χ1) is 14.1. The molecule has 7 heteroatoms. The van der Waals surface area contributed by atoms with Crippen LogP contribution in [0.25, 0.3) is 22.1 Å². The summed E-state index contributed by atoms with van der Waals surface area (Å²) in [6.07, 6.45) is 1.63. The van der Waals surface area contributed by atoms with E-state index in [0.29, 0.717) is 5.92 Å². The van der Waals surface area contributed by atoms with Gasteiger partial charge in [-0.2, -0.15) is 0 Å². The van der Waals surface area contributed by atoms with E-state index in [-0.39, 0.29) is 0 Å². The third-order valence-electron chi connectivity index (χ3n) is 5.42. The average Bonchev–Trinajstić information content (AvgIpc) is 3.12. The molecule has 1 aliphatic heterocycles. The van der Waals surface area contributed by atoms with Crippen LogP contribution in [0.2, 0.25) is 0 Å². The molecule has 29 heavy (non-hydrogen) atoms. The highest BCUT2D eigenvalue weighted by Gasteiger charge is 2.24. The molecular weight excluding hydrogens is 364 g/mol. The number of furan rings is 1. The Morgan fingerprint density at radius 3 is 2.52 bits per heavy atom. The molecule has 0 amide bonds. The molecule has 148 valence electrons. The summed E-state index contributed by atoms with van der Waals surface area (Å²) in [4.78, 5) is 23.0. The third kappa shape index (κ3) is 3.16. The highest BCUT2D eigenvalue weighted by Crippen LogP contribution is 2.32. The number of nitrogens with zero attached hydrogens (tertiary/aromatic N) is 6. The molecule has 0 atom stereocenters. The maximum atomic E-state index is 6.11. The zero-order valence-corrected chi connectivity index (χ0v) is 17.0. The number of hydrogen-bond donors (Lipinski definition) is 0. The molecule has 0 radical (unpaired) electrons. The monoisotopic (exact) mass is 388 g/mol. The first-order valence-corrected chi connectivity index (χ1v) is 10.1. The van der Waals surface area contributed by atoms with Gasteiger partial charge in [0.2, 0.25) is 0 Å². The van der Waals surface area contributed by atoms with Gasteiger partial charge in [0.05, 0.1) is 0 Å². The molecule has 0 saturated carbocycles. The van der Waals surface area contributed by atoms with Crippen molar-refractivity contribution in [1.82, 2.24) is 19.9 Å².